The van der Waals surface area contributed by atoms with Crippen molar-refractivity contribution in [3.05, 3.63) is 70.7 Å². The fraction of sp³-hybridized carbons (Fsp3) is 0.370. The molecule has 2 heterocycles. The summed E-state index contributed by atoms with van der Waals surface area (Å²) in [4.78, 5) is 17.1. The van der Waals surface area contributed by atoms with E-state index in [-0.39, 0.29) is 17.2 Å². The van der Waals surface area contributed by atoms with Gasteiger partial charge in [-0.25, -0.2) is 9.18 Å². The Balaban J connectivity index is 1.37. The van der Waals surface area contributed by atoms with Crippen molar-refractivity contribution in [2.45, 2.75) is 56.7 Å². The number of nitrogens with zero attached hydrogens (tertiary/aromatic N) is 1. The second-order valence-corrected chi connectivity index (χ2v) is 9.88. The van der Waals surface area contributed by atoms with Crippen molar-refractivity contribution in [3.8, 4) is 5.75 Å². The highest BCUT2D eigenvalue weighted by Gasteiger charge is 2.69. The number of aliphatic carboxylic acids is 1. The third kappa shape index (κ3) is 2.90. The second-order valence-electron chi connectivity index (χ2n) is 9.88. The standard InChI is InChI=1S/C27H27FN2O3/c1-2-17-11-19-18-5-3-4-6-22(18)29-23(19)14-30(17)27-12-16(13-27)25(27)20-9-15(7-8-24(31)32)10-21(28)26(20)33/h3-10,16-17,25,29,33H,2,11-14H2,1H3,(H,31,32)/b8-7+/t16?,17-,25?,27?/m0/s1. The molecule has 4 aliphatic rings. The molecule has 3 aromatic rings. The Labute approximate surface area is 191 Å². The number of carboxylic acids is 1. The van der Waals surface area contributed by atoms with Gasteiger partial charge >= 0.3 is 5.97 Å². The third-order valence-corrected chi connectivity index (χ3v) is 8.30. The van der Waals surface area contributed by atoms with Crippen molar-refractivity contribution in [3.63, 3.8) is 0 Å². The lowest BCUT2D eigenvalue weighted by molar-refractivity contribution is -0.193. The van der Waals surface area contributed by atoms with E-state index in [1.807, 2.05) is 0 Å². The number of carbonyl (C=O) groups is 1. The van der Waals surface area contributed by atoms with Crippen molar-refractivity contribution >= 4 is 22.9 Å². The summed E-state index contributed by atoms with van der Waals surface area (Å²) in [6.07, 6.45) is 6.51. The van der Waals surface area contributed by atoms with Crippen LogP contribution in [0, 0.1) is 11.7 Å². The third-order valence-electron chi connectivity index (χ3n) is 8.30. The summed E-state index contributed by atoms with van der Waals surface area (Å²) < 4.78 is 14.6. The van der Waals surface area contributed by atoms with Gasteiger partial charge in [-0.2, -0.15) is 0 Å². The molecule has 0 amide bonds. The molecule has 2 aromatic carbocycles. The summed E-state index contributed by atoms with van der Waals surface area (Å²) in [6.45, 7) is 3.06. The second kappa shape index (κ2) is 7.19. The van der Waals surface area contributed by atoms with Crippen LogP contribution < -0.4 is 0 Å². The summed E-state index contributed by atoms with van der Waals surface area (Å²) in [5, 5.41) is 20.9. The van der Waals surface area contributed by atoms with Crippen LogP contribution in [0.1, 0.15) is 54.5 Å². The molecule has 1 aromatic heterocycles. The molecule has 33 heavy (non-hydrogen) atoms. The molecule has 2 bridgehead atoms. The van der Waals surface area contributed by atoms with Crippen molar-refractivity contribution < 1.29 is 19.4 Å². The smallest absolute Gasteiger partial charge is 0.328 e. The Morgan fingerprint density at radius 3 is 2.79 bits per heavy atom. The highest BCUT2D eigenvalue weighted by atomic mass is 19.1. The number of carboxylic acid groups (broad SMARTS) is 1. The Kier molecular flexibility index (Phi) is 4.46. The van der Waals surface area contributed by atoms with Crippen molar-refractivity contribution in [1.29, 1.82) is 0 Å². The van der Waals surface area contributed by atoms with Gasteiger partial charge in [-0.15, -0.1) is 0 Å². The van der Waals surface area contributed by atoms with Crippen molar-refractivity contribution in [2.75, 3.05) is 0 Å². The van der Waals surface area contributed by atoms with Gasteiger partial charge < -0.3 is 15.2 Å². The number of rotatable bonds is 5. The van der Waals surface area contributed by atoms with E-state index < -0.39 is 11.8 Å². The molecule has 3 aliphatic carbocycles. The van der Waals surface area contributed by atoms with E-state index in [0.717, 1.165) is 38.3 Å². The van der Waals surface area contributed by atoms with Gasteiger partial charge in [0.15, 0.2) is 11.6 Å². The molecule has 5 nitrogen and oxygen atoms in total. The van der Waals surface area contributed by atoms with Crippen molar-refractivity contribution in [2.24, 2.45) is 5.92 Å². The van der Waals surface area contributed by atoms with Gasteiger partial charge in [0.05, 0.1) is 0 Å². The van der Waals surface area contributed by atoms with Crippen LogP contribution in [0.5, 0.6) is 5.75 Å². The molecule has 170 valence electrons. The van der Waals surface area contributed by atoms with E-state index in [4.69, 9.17) is 5.11 Å². The first-order valence-corrected chi connectivity index (χ1v) is 11.7. The number of hydrogen-bond acceptors (Lipinski definition) is 3. The average molecular weight is 447 g/mol. The van der Waals surface area contributed by atoms with Gasteiger partial charge in [-0.1, -0.05) is 25.1 Å². The Morgan fingerprint density at radius 2 is 2.09 bits per heavy atom. The van der Waals surface area contributed by atoms with E-state index in [1.165, 1.54) is 34.3 Å². The number of aromatic nitrogens is 1. The zero-order valence-corrected chi connectivity index (χ0v) is 18.5. The number of phenols is 1. The van der Waals surface area contributed by atoms with E-state index >= 15 is 0 Å². The van der Waals surface area contributed by atoms with Crippen LogP contribution in [0.2, 0.25) is 0 Å². The first-order valence-electron chi connectivity index (χ1n) is 11.7. The molecule has 0 spiro atoms. The number of para-hydroxylation sites is 1. The van der Waals surface area contributed by atoms with Gasteiger partial charge in [-0.05, 0) is 67.0 Å². The molecule has 6 heteroatoms. The first kappa shape index (κ1) is 20.5. The van der Waals surface area contributed by atoms with Crippen LogP contribution in [0.25, 0.3) is 17.0 Å². The van der Waals surface area contributed by atoms with Gasteiger partial charge in [0.1, 0.15) is 0 Å². The Bertz CT molecular complexity index is 1300. The highest BCUT2D eigenvalue weighted by Crippen LogP contribution is 2.71. The number of aromatic amines is 1. The molecule has 3 saturated carbocycles. The number of halogens is 1. The van der Waals surface area contributed by atoms with Crippen LogP contribution in [-0.2, 0) is 17.8 Å². The highest BCUT2D eigenvalue weighted by molar-refractivity contribution is 5.86. The Morgan fingerprint density at radius 1 is 1.30 bits per heavy atom. The SMILES string of the molecule is CC[C@H]1Cc2c([nH]c3ccccc23)CN1C12CC(C1)C2c1cc(/C=C/C(=O)O)cc(F)c1O. The maximum Gasteiger partial charge on any atom is 0.328 e. The predicted octanol–water partition coefficient (Wildman–Crippen LogP) is 5.19. The molecule has 0 radical (unpaired) electrons. The molecule has 0 saturated heterocycles. The first-order chi connectivity index (χ1) is 15.9. The fourth-order valence-corrected chi connectivity index (χ4v) is 6.71. The molecule has 2 atom stereocenters. The molecule has 3 N–H and O–H groups in total. The minimum absolute atomic E-state index is 0.0603. The van der Waals surface area contributed by atoms with E-state index in [1.54, 1.807) is 6.07 Å². The minimum Gasteiger partial charge on any atom is -0.505 e. The minimum atomic E-state index is -1.08. The Hall–Kier alpha value is -3.12. The van der Waals surface area contributed by atoms with Crippen LogP contribution in [0.4, 0.5) is 4.39 Å². The summed E-state index contributed by atoms with van der Waals surface area (Å²) in [5.74, 6) is -1.58. The summed E-state index contributed by atoms with van der Waals surface area (Å²) >= 11 is 0. The number of hydrogen-bond donors (Lipinski definition) is 3. The number of aromatic hydroxyl groups is 1. The molecule has 7 rings (SSSR count). The van der Waals surface area contributed by atoms with Gasteiger partial charge in [0, 0.05) is 52.3 Å². The normalized spacial score (nSPS) is 28.5. The van der Waals surface area contributed by atoms with Gasteiger partial charge in [0.25, 0.3) is 0 Å². The lowest BCUT2D eigenvalue weighted by Crippen LogP contribution is -2.75. The van der Waals surface area contributed by atoms with E-state index in [9.17, 15) is 14.3 Å². The zero-order chi connectivity index (χ0) is 22.9. The van der Waals surface area contributed by atoms with Crippen molar-refractivity contribution in [1.82, 2.24) is 9.88 Å². The topological polar surface area (TPSA) is 76.6 Å². The lowest BCUT2D eigenvalue weighted by Gasteiger charge is -2.74. The number of phenolic OH excluding ortho intramolecular Hbond substituents is 1. The largest absolute Gasteiger partial charge is 0.505 e. The maximum atomic E-state index is 14.6. The summed E-state index contributed by atoms with van der Waals surface area (Å²) in [7, 11) is 0. The molecule has 3 fully saturated rings. The predicted molar refractivity (Wildman–Crippen MR) is 125 cm³/mol. The molecular formula is C27H27FN2O3. The lowest BCUT2D eigenvalue weighted by atomic mass is 9.39. The number of fused-ring (bicyclic) bond motifs is 3. The van der Waals surface area contributed by atoms with Crippen LogP contribution in [0.3, 0.4) is 0 Å². The van der Waals surface area contributed by atoms with Gasteiger partial charge in [-0.3, -0.25) is 4.90 Å². The molecule has 1 unspecified atom stereocenters. The zero-order valence-electron chi connectivity index (χ0n) is 18.5. The van der Waals surface area contributed by atoms with Crippen LogP contribution in [-0.4, -0.2) is 37.6 Å². The number of nitrogens with one attached hydrogen (secondary N) is 1. The fourth-order valence-electron chi connectivity index (χ4n) is 6.71. The van der Waals surface area contributed by atoms with E-state index in [0.29, 0.717) is 23.1 Å². The maximum absolute atomic E-state index is 14.6. The van der Waals surface area contributed by atoms with Crippen LogP contribution >= 0.6 is 0 Å². The summed E-state index contributed by atoms with van der Waals surface area (Å²) in [5.41, 5.74) is 4.84. The monoisotopic (exact) mass is 446 g/mol. The van der Waals surface area contributed by atoms with Gasteiger partial charge in [0.2, 0.25) is 0 Å². The average Bonchev–Trinajstić information content (AvgIpc) is 3.11. The quantitative estimate of drug-likeness (QED) is 0.471. The number of benzene rings is 2. The van der Waals surface area contributed by atoms with E-state index in [2.05, 4.69) is 41.1 Å². The molecule has 1 aliphatic heterocycles. The molecular weight excluding hydrogens is 419 g/mol. The number of H-pyrrole nitrogens is 1. The van der Waals surface area contributed by atoms with Crippen LogP contribution in [0.15, 0.2) is 42.5 Å². The summed E-state index contributed by atoms with van der Waals surface area (Å²) in [6, 6.07) is 11.8.